The second-order valence-corrected chi connectivity index (χ2v) is 4.44. The van der Waals surface area contributed by atoms with Crippen molar-refractivity contribution in [2.75, 3.05) is 12.3 Å². The summed E-state index contributed by atoms with van der Waals surface area (Å²) in [6.07, 6.45) is 0.673. The lowest BCUT2D eigenvalue weighted by atomic mass is 10.2. The zero-order chi connectivity index (χ0) is 13.0. The molecule has 1 amide bonds. The summed E-state index contributed by atoms with van der Waals surface area (Å²) in [5.41, 5.74) is 8.42. The Balaban J connectivity index is 1.89. The van der Waals surface area contributed by atoms with E-state index in [2.05, 4.69) is 10.3 Å². The molecule has 0 saturated carbocycles. The minimum atomic E-state index is -0.519. The van der Waals surface area contributed by atoms with Crippen LogP contribution < -0.4 is 11.1 Å². The van der Waals surface area contributed by atoms with Crippen LogP contribution in [0, 0.1) is 5.82 Å². The molecule has 0 saturated heterocycles. The lowest BCUT2D eigenvalue weighted by Crippen LogP contribution is -2.25. The molecule has 0 atom stereocenters. The average Bonchev–Trinajstić information content (AvgIpc) is 2.85. The van der Waals surface area contributed by atoms with Crippen molar-refractivity contribution >= 4 is 22.9 Å². The molecule has 0 fully saturated rings. The quantitative estimate of drug-likeness (QED) is 0.829. The first-order valence-corrected chi connectivity index (χ1v) is 6.31. The summed E-state index contributed by atoms with van der Waals surface area (Å²) in [6, 6.07) is 3.92. The van der Waals surface area contributed by atoms with Gasteiger partial charge >= 0.3 is 0 Å². The van der Waals surface area contributed by atoms with Gasteiger partial charge < -0.3 is 11.1 Å². The first-order chi connectivity index (χ1) is 8.66. The Hall–Kier alpha value is -1.95. The highest BCUT2D eigenvalue weighted by molar-refractivity contribution is 7.07. The normalized spacial score (nSPS) is 10.3. The van der Waals surface area contributed by atoms with Gasteiger partial charge in [0.05, 0.1) is 16.9 Å². The van der Waals surface area contributed by atoms with Crippen molar-refractivity contribution in [1.29, 1.82) is 0 Å². The summed E-state index contributed by atoms with van der Waals surface area (Å²) in [5, 5.41) is 4.66. The summed E-state index contributed by atoms with van der Waals surface area (Å²) in [6.45, 7) is 0.486. The third-order valence-electron chi connectivity index (χ3n) is 2.41. The number of nitrogen functional groups attached to an aromatic ring is 1. The van der Waals surface area contributed by atoms with Gasteiger partial charge in [-0.3, -0.25) is 4.79 Å². The molecule has 2 aromatic rings. The molecule has 0 unspecified atom stereocenters. The highest BCUT2D eigenvalue weighted by atomic mass is 32.1. The van der Waals surface area contributed by atoms with Crippen LogP contribution in [0.3, 0.4) is 0 Å². The lowest BCUT2D eigenvalue weighted by molar-refractivity contribution is 0.0954. The van der Waals surface area contributed by atoms with Crippen LogP contribution in [-0.4, -0.2) is 17.4 Å². The Morgan fingerprint density at radius 3 is 3.00 bits per heavy atom. The first-order valence-electron chi connectivity index (χ1n) is 5.37. The number of benzene rings is 1. The van der Waals surface area contributed by atoms with E-state index < -0.39 is 5.82 Å². The zero-order valence-corrected chi connectivity index (χ0v) is 10.3. The van der Waals surface area contributed by atoms with Crippen LogP contribution in [0.15, 0.2) is 29.1 Å². The van der Waals surface area contributed by atoms with E-state index in [4.69, 9.17) is 5.73 Å². The number of nitrogens with one attached hydrogen (secondary N) is 1. The molecule has 1 aromatic carbocycles. The minimum Gasteiger partial charge on any atom is -0.396 e. The number of anilines is 1. The van der Waals surface area contributed by atoms with Gasteiger partial charge in [-0.1, -0.05) is 0 Å². The second kappa shape index (κ2) is 5.59. The SMILES string of the molecule is Nc1cc(C(=O)NCCc2cscn2)ccc1F. The van der Waals surface area contributed by atoms with Gasteiger partial charge in [0, 0.05) is 23.9 Å². The summed E-state index contributed by atoms with van der Waals surface area (Å²) in [7, 11) is 0. The summed E-state index contributed by atoms with van der Waals surface area (Å²) in [4.78, 5) is 15.8. The predicted molar refractivity (Wildman–Crippen MR) is 69.0 cm³/mol. The predicted octanol–water partition coefficient (Wildman–Crippen LogP) is 1.84. The molecule has 3 N–H and O–H groups in total. The van der Waals surface area contributed by atoms with Crippen LogP contribution in [0.1, 0.15) is 16.1 Å². The topological polar surface area (TPSA) is 68.0 Å². The van der Waals surface area contributed by atoms with E-state index in [-0.39, 0.29) is 11.6 Å². The number of hydrogen-bond acceptors (Lipinski definition) is 4. The molecule has 1 heterocycles. The maximum absolute atomic E-state index is 12.9. The fourth-order valence-corrected chi connectivity index (χ4v) is 2.05. The fourth-order valence-electron chi connectivity index (χ4n) is 1.45. The number of nitrogens with two attached hydrogens (primary N) is 1. The van der Waals surface area contributed by atoms with Crippen molar-refractivity contribution in [3.05, 3.63) is 46.2 Å². The molecule has 0 spiro atoms. The van der Waals surface area contributed by atoms with Gasteiger partial charge in [0.15, 0.2) is 0 Å². The van der Waals surface area contributed by atoms with Gasteiger partial charge in [-0.25, -0.2) is 9.37 Å². The number of carbonyl (C=O) groups excluding carboxylic acids is 1. The van der Waals surface area contributed by atoms with Crippen molar-refractivity contribution < 1.29 is 9.18 Å². The van der Waals surface area contributed by atoms with Gasteiger partial charge in [0.2, 0.25) is 0 Å². The van der Waals surface area contributed by atoms with Gasteiger partial charge in [-0.15, -0.1) is 11.3 Å². The van der Waals surface area contributed by atoms with Crippen LogP contribution in [0.4, 0.5) is 10.1 Å². The number of thiazole rings is 1. The monoisotopic (exact) mass is 265 g/mol. The summed E-state index contributed by atoms with van der Waals surface area (Å²) in [5.74, 6) is -0.786. The van der Waals surface area contributed by atoms with E-state index >= 15 is 0 Å². The van der Waals surface area contributed by atoms with E-state index in [1.165, 1.54) is 29.5 Å². The van der Waals surface area contributed by atoms with Gasteiger partial charge in [-0.05, 0) is 18.2 Å². The summed E-state index contributed by atoms with van der Waals surface area (Å²) < 4.78 is 12.9. The van der Waals surface area contributed by atoms with Gasteiger partial charge in [-0.2, -0.15) is 0 Å². The van der Waals surface area contributed by atoms with Gasteiger partial charge in [0.25, 0.3) is 5.91 Å². The summed E-state index contributed by atoms with van der Waals surface area (Å²) >= 11 is 1.52. The van der Waals surface area contributed by atoms with E-state index in [9.17, 15) is 9.18 Å². The van der Waals surface area contributed by atoms with Crippen molar-refractivity contribution in [2.45, 2.75) is 6.42 Å². The van der Waals surface area contributed by atoms with Gasteiger partial charge in [0.1, 0.15) is 5.82 Å². The zero-order valence-electron chi connectivity index (χ0n) is 9.52. The number of nitrogens with zero attached hydrogens (tertiary/aromatic N) is 1. The molecule has 0 radical (unpaired) electrons. The molecule has 2 rings (SSSR count). The Labute approximate surface area is 108 Å². The van der Waals surface area contributed by atoms with Crippen molar-refractivity contribution in [3.63, 3.8) is 0 Å². The maximum Gasteiger partial charge on any atom is 0.251 e. The Morgan fingerprint density at radius 1 is 1.50 bits per heavy atom. The highest BCUT2D eigenvalue weighted by Crippen LogP contribution is 2.12. The van der Waals surface area contributed by atoms with Crippen LogP contribution in [0.5, 0.6) is 0 Å². The second-order valence-electron chi connectivity index (χ2n) is 3.72. The number of rotatable bonds is 4. The molecular formula is C12H12FN3OS. The largest absolute Gasteiger partial charge is 0.396 e. The number of halogens is 1. The maximum atomic E-state index is 12.9. The Bertz CT molecular complexity index is 542. The van der Waals surface area contributed by atoms with Crippen LogP contribution in [0.2, 0.25) is 0 Å². The molecule has 1 aromatic heterocycles. The molecule has 0 bridgehead atoms. The van der Waals surface area contributed by atoms with E-state index in [0.29, 0.717) is 18.5 Å². The number of hydrogen-bond donors (Lipinski definition) is 2. The third-order valence-corrected chi connectivity index (χ3v) is 3.04. The van der Waals surface area contributed by atoms with Crippen molar-refractivity contribution in [2.24, 2.45) is 0 Å². The Morgan fingerprint density at radius 2 is 2.33 bits per heavy atom. The van der Waals surface area contributed by atoms with Crippen LogP contribution in [-0.2, 0) is 6.42 Å². The van der Waals surface area contributed by atoms with E-state index in [1.807, 2.05) is 5.38 Å². The molecule has 0 aliphatic heterocycles. The Kier molecular flexibility index (Phi) is 3.88. The minimum absolute atomic E-state index is 0.0258. The standard InChI is InChI=1S/C12H12FN3OS/c13-10-2-1-8(5-11(10)14)12(17)15-4-3-9-6-18-7-16-9/h1-2,5-7H,3-4,14H2,(H,15,17). The number of amides is 1. The average molecular weight is 265 g/mol. The smallest absolute Gasteiger partial charge is 0.251 e. The van der Waals surface area contributed by atoms with E-state index in [1.54, 1.807) is 5.51 Å². The highest BCUT2D eigenvalue weighted by Gasteiger charge is 2.07. The molecule has 18 heavy (non-hydrogen) atoms. The molecule has 94 valence electrons. The third kappa shape index (κ3) is 3.04. The van der Waals surface area contributed by atoms with E-state index in [0.717, 1.165) is 5.69 Å². The molecule has 6 heteroatoms. The number of aromatic nitrogens is 1. The first kappa shape index (κ1) is 12.5. The number of carbonyl (C=O) groups is 1. The molecule has 0 aliphatic rings. The van der Waals surface area contributed by atoms with Crippen molar-refractivity contribution in [1.82, 2.24) is 10.3 Å². The molecule has 0 aliphatic carbocycles. The van der Waals surface area contributed by atoms with Crippen LogP contribution >= 0.6 is 11.3 Å². The van der Waals surface area contributed by atoms with Crippen LogP contribution in [0.25, 0.3) is 0 Å². The fraction of sp³-hybridized carbons (Fsp3) is 0.167. The lowest BCUT2D eigenvalue weighted by Gasteiger charge is -2.05. The molecular weight excluding hydrogens is 253 g/mol. The molecule has 4 nitrogen and oxygen atoms in total. The van der Waals surface area contributed by atoms with Crippen molar-refractivity contribution in [3.8, 4) is 0 Å².